The molecule has 14 nitrogen and oxygen atoms in total. The number of amides is 4. The molecule has 346 valence electrons. The fourth-order valence-electron chi connectivity index (χ4n) is 6.79. The highest BCUT2D eigenvalue weighted by Gasteiger charge is 2.31. The number of rotatable bonds is 35. The van der Waals surface area contributed by atoms with E-state index < -0.39 is 18.0 Å². The molecule has 14 heteroatoms. The fraction of sp³-hybridized carbons (Fsp3) is 0.783. The largest absolute Gasteiger partial charge is 0.466 e. The zero-order valence-corrected chi connectivity index (χ0v) is 38.8. The number of nitrogens with one attached hydrogen (secondary N) is 2. The number of hydrogen-bond donors (Lipinski definition) is 2. The van der Waals surface area contributed by atoms with Crippen LogP contribution in [-0.2, 0) is 38.1 Å². The summed E-state index contributed by atoms with van der Waals surface area (Å²) >= 11 is 0. The molecule has 0 aromatic carbocycles. The average molecular weight is 851 g/mol. The molecule has 0 bridgehead atoms. The first-order valence-corrected chi connectivity index (χ1v) is 22.5. The van der Waals surface area contributed by atoms with Crippen molar-refractivity contribution in [3.63, 3.8) is 0 Å². The van der Waals surface area contributed by atoms with Gasteiger partial charge in [0.05, 0.1) is 26.3 Å². The van der Waals surface area contributed by atoms with Gasteiger partial charge in [0, 0.05) is 48.2 Å². The molecule has 0 unspecified atom stereocenters. The molecule has 0 aliphatic carbocycles. The van der Waals surface area contributed by atoms with E-state index in [4.69, 9.17) is 18.9 Å². The highest BCUT2D eigenvalue weighted by atomic mass is 16.6. The van der Waals surface area contributed by atoms with Crippen molar-refractivity contribution < 1.29 is 47.7 Å². The lowest BCUT2D eigenvalue weighted by Gasteiger charge is -2.39. The normalized spacial score (nSPS) is 11.3. The Balaban J connectivity index is 3.99. The Labute approximate surface area is 362 Å². The van der Waals surface area contributed by atoms with Crippen molar-refractivity contribution in [3.8, 4) is 0 Å². The molecule has 4 amide bonds. The molecule has 0 rings (SSSR count). The van der Waals surface area contributed by atoms with Gasteiger partial charge in [0.15, 0.2) is 0 Å². The average Bonchev–Trinajstić information content (AvgIpc) is 3.17. The highest BCUT2D eigenvalue weighted by molar-refractivity contribution is 5.87. The van der Waals surface area contributed by atoms with E-state index in [-0.39, 0.29) is 55.4 Å². The van der Waals surface area contributed by atoms with E-state index >= 15 is 0 Å². The molecule has 0 spiro atoms. The smallest absolute Gasteiger partial charge is 0.407 e. The number of ether oxygens (including phenoxy) is 4. The van der Waals surface area contributed by atoms with Gasteiger partial charge in [0.25, 0.3) is 0 Å². The van der Waals surface area contributed by atoms with Gasteiger partial charge in [-0.15, -0.1) is 0 Å². The van der Waals surface area contributed by atoms with Crippen molar-refractivity contribution in [1.29, 1.82) is 0 Å². The number of urea groups is 1. The van der Waals surface area contributed by atoms with E-state index in [2.05, 4.69) is 37.6 Å². The van der Waals surface area contributed by atoms with Crippen molar-refractivity contribution in [2.24, 2.45) is 0 Å². The van der Waals surface area contributed by atoms with Crippen molar-refractivity contribution in [3.05, 3.63) is 24.3 Å². The monoisotopic (exact) mass is 851 g/mol. The minimum atomic E-state index is -0.462. The van der Waals surface area contributed by atoms with Gasteiger partial charge in [0.2, 0.25) is 5.91 Å². The summed E-state index contributed by atoms with van der Waals surface area (Å²) in [5.41, 5.74) is -0.0437. The third-order valence-electron chi connectivity index (χ3n) is 10.2. The lowest BCUT2D eigenvalue weighted by atomic mass is 9.95. The van der Waals surface area contributed by atoms with Gasteiger partial charge in [-0.3, -0.25) is 9.59 Å². The molecule has 0 aromatic rings. The summed E-state index contributed by atoms with van der Waals surface area (Å²) in [6.45, 7) is 25.2. The first-order chi connectivity index (χ1) is 28.4. The minimum Gasteiger partial charge on any atom is -0.466 e. The van der Waals surface area contributed by atoms with Crippen LogP contribution in [0.25, 0.3) is 0 Å². The van der Waals surface area contributed by atoms with Crippen molar-refractivity contribution >= 4 is 35.9 Å². The van der Waals surface area contributed by atoms with E-state index in [1.807, 2.05) is 32.6 Å². The molecule has 0 aliphatic rings. The van der Waals surface area contributed by atoms with Gasteiger partial charge >= 0.3 is 30.0 Å². The predicted octanol–water partition coefficient (Wildman–Crippen LogP) is 8.95. The molecule has 2 N–H and O–H groups in total. The van der Waals surface area contributed by atoms with Crippen LogP contribution in [0.4, 0.5) is 9.59 Å². The van der Waals surface area contributed by atoms with Crippen LogP contribution < -0.4 is 10.6 Å². The van der Waals surface area contributed by atoms with Crippen molar-refractivity contribution in [1.82, 2.24) is 20.4 Å². The number of nitrogens with zero attached hydrogens (tertiary/aromatic N) is 2. The molecule has 0 heterocycles. The summed E-state index contributed by atoms with van der Waals surface area (Å²) in [5, 5.41) is 5.77. The predicted molar refractivity (Wildman–Crippen MR) is 236 cm³/mol. The summed E-state index contributed by atoms with van der Waals surface area (Å²) in [6.07, 6.45) is 13.8. The number of esters is 3. The fourth-order valence-corrected chi connectivity index (χ4v) is 6.79. The molecule has 0 saturated carbocycles. The van der Waals surface area contributed by atoms with E-state index in [0.29, 0.717) is 63.0 Å². The maximum Gasteiger partial charge on any atom is 0.407 e. The zero-order chi connectivity index (χ0) is 45.4. The van der Waals surface area contributed by atoms with Crippen LogP contribution in [0, 0.1) is 0 Å². The third-order valence-corrected chi connectivity index (χ3v) is 10.2. The first-order valence-electron chi connectivity index (χ1n) is 22.5. The zero-order valence-electron chi connectivity index (χ0n) is 38.8. The molecule has 0 radical (unpaired) electrons. The standard InChI is InChI=1S/C46H82N4O10/c1-11-27-45(7,8)49(31-35-58-41(53)37(3)4)39(51)25-19-15-13-18-22-30-48-44(56)60-34-24-23-33-57-40(52)26-20-16-14-17-21-29-47-43(55)50(46(9,10)28-12-2)32-36-59-42(54)38(5)6/h3,5,11-36H2,1-2,4,6-10H3,(H,47,55)(H,48,56). The third kappa shape index (κ3) is 26.9. The first kappa shape index (κ1) is 55.9. The van der Waals surface area contributed by atoms with Crippen molar-refractivity contribution in [2.45, 2.75) is 182 Å². The van der Waals surface area contributed by atoms with Crippen molar-refractivity contribution in [2.75, 3.05) is 52.6 Å². The van der Waals surface area contributed by atoms with Gasteiger partial charge in [-0.1, -0.05) is 78.4 Å². The Morgan fingerprint density at radius 3 is 1.47 bits per heavy atom. The lowest BCUT2D eigenvalue weighted by molar-refractivity contribution is -0.145. The second-order valence-corrected chi connectivity index (χ2v) is 16.9. The molecular formula is C46H82N4O10. The van der Waals surface area contributed by atoms with Crippen LogP contribution in [0.2, 0.25) is 0 Å². The topological polar surface area (TPSA) is 170 Å². The summed E-state index contributed by atoms with van der Waals surface area (Å²) in [6, 6.07) is -0.172. The number of hydrogen-bond acceptors (Lipinski definition) is 10. The van der Waals surface area contributed by atoms with Gasteiger partial charge in [-0.05, 0) is 92.9 Å². The van der Waals surface area contributed by atoms with Crippen LogP contribution >= 0.6 is 0 Å². The summed E-state index contributed by atoms with van der Waals surface area (Å²) in [4.78, 5) is 77.3. The summed E-state index contributed by atoms with van der Waals surface area (Å²) in [7, 11) is 0. The van der Waals surface area contributed by atoms with E-state index in [9.17, 15) is 28.8 Å². The van der Waals surface area contributed by atoms with Crippen LogP contribution in [0.1, 0.15) is 171 Å². The lowest BCUT2D eigenvalue weighted by Crippen LogP contribution is -2.53. The van der Waals surface area contributed by atoms with Gasteiger partial charge in [-0.2, -0.15) is 0 Å². The molecular weight excluding hydrogens is 769 g/mol. The second kappa shape index (κ2) is 32.6. The van der Waals surface area contributed by atoms with Crippen LogP contribution in [0.3, 0.4) is 0 Å². The number of carbonyl (C=O) groups excluding carboxylic acids is 6. The van der Waals surface area contributed by atoms with Crippen LogP contribution in [0.5, 0.6) is 0 Å². The Kier molecular flexibility index (Phi) is 30.4. The van der Waals surface area contributed by atoms with Crippen LogP contribution in [0.15, 0.2) is 24.3 Å². The quantitative estimate of drug-likeness (QED) is 0.0272. The molecule has 0 aromatic heterocycles. The van der Waals surface area contributed by atoms with Gasteiger partial charge < -0.3 is 39.4 Å². The molecule has 0 saturated heterocycles. The van der Waals surface area contributed by atoms with Crippen LogP contribution in [-0.4, -0.2) is 109 Å². The number of unbranched alkanes of at least 4 members (excludes halogenated alkanes) is 9. The Morgan fingerprint density at radius 1 is 0.517 bits per heavy atom. The minimum absolute atomic E-state index is 0.0667. The van der Waals surface area contributed by atoms with E-state index in [1.54, 1.807) is 18.7 Å². The number of carbonyl (C=O) groups is 6. The Bertz CT molecular complexity index is 1220. The maximum atomic E-state index is 13.1. The Hall–Kier alpha value is -4.10. The SMILES string of the molecule is C=C(C)C(=O)OCCN(C(=O)CCCCCCCNC(=O)OCCCCOC(=O)CCCCCCCNC(=O)N(CCOC(=O)C(=C)C)C(C)(C)CCC)C(C)(C)CCC. The maximum absolute atomic E-state index is 13.1. The van der Waals surface area contributed by atoms with Gasteiger partial charge in [-0.25, -0.2) is 19.2 Å². The molecule has 60 heavy (non-hydrogen) atoms. The van der Waals surface area contributed by atoms with Gasteiger partial charge in [0.1, 0.15) is 13.2 Å². The Morgan fingerprint density at radius 2 is 0.950 bits per heavy atom. The number of alkyl carbamates (subject to hydrolysis) is 1. The molecule has 0 atom stereocenters. The van der Waals surface area contributed by atoms with E-state index in [0.717, 1.165) is 89.9 Å². The second-order valence-electron chi connectivity index (χ2n) is 16.9. The summed E-state index contributed by atoms with van der Waals surface area (Å²) < 4.78 is 21.0. The molecule has 0 fully saturated rings. The highest BCUT2D eigenvalue weighted by Crippen LogP contribution is 2.23. The molecule has 0 aliphatic heterocycles. The summed E-state index contributed by atoms with van der Waals surface area (Å²) in [5.74, 6) is -1.07. The van der Waals surface area contributed by atoms with E-state index in [1.165, 1.54) is 0 Å².